The van der Waals surface area contributed by atoms with Crippen molar-refractivity contribution < 1.29 is 4.79 Å². The summed E-state index contributed by atoms with van der Waals surface area (Å²) < 4.78 is 0. The molecule has 1 aromatic heterocycles. The Bertz CT molecular complexity index is 858. The molecule has 144 valence electrons. The zero-order valence-electron chi connectivity index (χ0n) is 16.0. The van der Waals surface area contributed by atoms with Crippen LogP contribution in [0, 0.1) is 17.2 Å². The van der Waals surface area contributed by atoms with Crippen LogP contribution < -0.4 is 4.90 Å². The number of carbonyl (C=O) groups excluding carboxylic acids is 1. The maximum Gasteiger partial charge on any atom is 0.246 e. The third-order valence-electron chi connectivity index (χ3n) is 5.03. The van der Waals surface area contributed by atoms with E-state index >= 15 is 0 Å². The molecular formula is C21H24N6O. The lowest BCUT2D eigenvalue weighted by molar-refractivity contribution is -0.137. The van der Waals surface area contributed by atoms with Gasteiger partial charge in [0.25, 0.3) is 0 Å². The molecule has 0 unspecified atom stereocenters. The van der Waals surface area contributed by atoms with Crippen LogP contribution >= 0.6 is 0 Å². The highest BCUT2D eigenvalue weighted by Gasteiger charge is 2.34. The summed E-state index contributed by atoms with van der Waals surface area (Å²) >= 11 is 0. The van der Waals surface area contributed by atoms with E-state index < -0.39 is 0 Å². The molecule has 28 heavy (non-hydrogen) atoms. The van der Waals surface area contributed by atoms with E-state index in [9.17, 15) is 4.79 Å². The van der Waals surface area contributed by atoms with Gasteiger partial charge in [0.2, 0.25) is 5.91 Å². The number of rotatable bonds is 5. The zero-order chi connectivity index (χ0) is 19.9. The average Bonchev–Trinajstić information content (AvgIpc) is 3.23. The number of nitriles is 1. The van der Waals surface area contributed by atoms with E-state index in [2.05, 4.69) is 26.5 Å². The van der Waals surface area contributed by atoms with Crippen molar-refractivity contribution in [1.29, 1.82) is 5.26 Å². The molecule has 1 amide bonds. The van der Waals surface area contributed by atoms with Gasteiger partial charge in [0.15, 0.2) is 0 Å². The van der Waals surface area contributed by atoms with Gasteiger partial charge in [0.05, 0.1) is 6.04 Å². The van der Waals surface area contributed by atoms with E-state index in [0.717, 1.165) is 24.2 Å². The molecule has 7 heteroatoms. The number of aromatic nitrogens is 2. The van der Waals surface area contributed by atoms with Gasteiger partial charge in [0.1, 0.15) is 23.9 Å². The number of amides is 1. The highest BCUT2D eigenvalue weighted by molar-refractivity contribution is 5.82. The van der Waals surface area contributed by atoms with E-state index in [1.807, 2.05) is 37.3 Å². The van der Waals surface area contributed by atoms with Crippen molar-refractivity contribution in [3.63, 3.8) is 0 Å². The van der Waals surface area contributed by atoms with Gasteiger partial charge < -0.3 is 4.90 Å². The largest absolute Gasteiger partial charge is 0.356 e. The van der Waals surface area contributed by atoms with E-state index in [0.29, 0.717) is 25.2 Å². The highest BCUT2D eigenvalue weighted by Crippen LogP contribution is 2.27. The van der Waals surface area contributed by atoms with Crippen LogP contribution in [-0.2, 0) is 4.79 Å². The van der Waals surface area contributed by atoms with Crippen LogP contribution in [-0.4, -0.2) is 46.2 Å². The number of nitrogens with zero attached hydrogens (tertiary/aromatic N) is 6. The van der Waals surface area contributed by atoms with Crippen molar-refractivity contribution in [3.05, 3.63) is 54.5 Å². The highest BCUT2D eigenvalue weighted by atomic mass is 16.2. The summed E-state index contributed by atoms with van der Waals surface area (Å²) in [5, 5.41) is 14.9. The van der Waals surface area contributed by atoms with Gasteiger partial charge in [-0.25, -0.2) is 15.0 Å². The Morgan fingerprint density at radius 1 is 1.32 bits per heavy atom. The number of anilines is 1. The summed E-state index contributed by atoms with van der Waals surface area (Å²) in [6.07, 6.45) is 13.1. The number of allylic oxidation sites excluding steroid dienone is 3. The van der Waals surface area contributed by atoms with Gasteiger partial charge in [-0.1, -0.05) is 30.9 Å². The van der Waals surface area contributed by atoms with Gasteiger partial charge in [-0.2, -0.15) is 10.4 Å². The van der Waals surface area contributed by atoms with Crippen LogP contribution in [0.5, 0.6) is 0 Å². The minimum atomic E-state index is -0.105. The van der Waals surface area contributed by atoms with Crippen LogP contribution in [0.4, 0.5) is 5.82 Å². The summed E-state index contributed by atoms with van der Waals surface area (Å²) in [7, 11) is 0. The molecule has 0 radical (unpaired) electrons. The van der Waals surface area contributed by atoms with Crippen LogP contribution in [0.25, 0.3) is 0 Å². The van der Waals surface area contributed by atoms with Crippen molar-refractivity contribution in [2.75, 3.05) is 18.0 Å². The Labute approximate surface area is 165 Å². The normalized spacial score (nSPS) is 20.2. The lowest BCUT2D eigenvalue weighted by Crippen LogP contribution is -2.43. The van der Waals surface area contributed by atoms with E-state index in [1.165, 1.54) is 6.33 Å². The lowest BCUT2D eigenvalue weighted by Gasteiger charge is -2.34. The van der Waals surface area contributed by atoms with Gasteiger partial charge in [-0.15, -0.1) is 0 Å². The third kappa shape index (κ3) is 4.34. The van der Waals surface area contributed by atoms with E-state index in [-0.39, 0.29) is 17.9 Å². The predicted molar refractivity (Wildman–Crippen MR) is 109 cm³/mol. The van der Waals surface area contributed by atoms with Gasteiger partial charge in [0, 0.05) is 37.7 Å². The second-order valence-corrected chi connectivity index (χ2v) is 6.83. The fraction of sp³-hybridized carbons (Fsp3) is 0.381. The SMILES string of the molecule is C=C(/C=C\C=C/C)[C@@H]1CC=NN1C(=O)C1CCN(c2cc(C#N)ncn2)CC1. The summed E-state index contributed by atoms with van der Waals surface area (Å²) in [5.41, 5.74) is 1.23. The van der Waals surface area contributed by atoms with Crippen molar-refractivity contribution in [2.24, 2.45) is 11.0 Å². The first-order valence-electron chi connectivity index (χ1n) is 9.44. The summed E-state index contributed by atoms with van der Waals surface area (Å²) in [4.78, 5) is 23.3. The Kier molecular flexibility index (Phi) is 6.33. The molecule has 0 aromatic carbocycles. The van der Waals surface area contributed by atoms with Gasteiger partial charge >= 0.3 is 0 Å². The quantitative estimate of drug-likeness (QED) is 0.738. The van der Waals surface area contributed by atoms with Crippen molar-refractivity contribution in [1.82, 2.24) is 15.0 Å². The number of hydrogen-bond acceptors (Lipinski definition) is 6. The molecule has 2 aliphatic rings. The molecule has 0 aliphatic carbocycles. The molecule has 1 saturated heterocycles. The molecule has 0 N–H and O–H groups in total. The first kappa shape index (κ1) is 19.5. The van der Waals surface area contributed by atoms with Crippen molar-refractivity contribution in [3.8, 4) is 6.07 Å². The lowest BCUT2D eigenvalue weighted by atomic mass is 9.94. The fourth-order valence-corrected chi connectivity index (χ4v) is 3.46. The molecule has 0 bridgehead atoms. The molecule has 0 saturated carbocycles. The van der Waals surface area contributed by atoms with E-state index in [4.69, 9.17) is 5.26 Å². The zero-order valence-corrected chi connectivity index (χ0v) is 16.0. The number of carbonyl (C=O) groups is 1. The standard InChI is InChI=1S/C21H24N6O/c1-3-4-5-6-16(2)19-7-10-25-27(19)21(28)17-8-11-26(12-9-17)20-13-18(14-22)23-15-24-20/h3-6,10,13,15,17,19H,2,7-9,11-12H2,1H3/b4-3-,6-5-/t19-/m0/s1. The van der Waals surface area contributed by atoms with Crippen LogP contribution in [0.2, 0.25) is 0 Å². The van der Waals surface area contributed by atoms with Crippen molar-refractivity contribution in [2.45, 2.75) is 32.2 Å². The van der Waals surface area contributed by atoms with E-state index in [1.54, 1.807) is 17.3 Å². The predicted octanol–water partition coefficient (Wildman–Crippen LogP) is 2.84. The summed E-state index contributed by atoms with van der Waals surface area (Å²) in [6, 6.07) is 3.61. The minimum absolute atomic E-state index is 0.0550. The Balaban J connectivity index is 1.60. The number of piperidine rings is 1. The Morgan fingerprint density at radius 3 is 2.82 bits per heavy atom. The monoisotopic (exact) mass is 376 g/mol. The second kappa shape index (κ2) is 9.09. The summed E-state index contributed by atoms with van der Waals surface area (Å²) in [5.74, 6) is 0.718. The first-order valence-corrected chi connectivity index (χ1v) is 9.44. The second-order valence-electron chi connectivity index (χ2n) is 6.83. The fourth-order valence-electron chi connectivity index (χ4n) is 3.46. The smallest absolute Gasteiger partial charge is 0.246 e. The maximum absolute atomic E-state index is 13.0. The molecule has 1 aromatic rings. The molecule has 3 heterocycles. The van der Waals surface area contributed by atoms with Crippen LogP contribution in [0.1, 0.15) is 31.9 Å². The molecule has 7 nitrogen and oxygen atoms in total. The molecule has 3 rings (SSSR count). The van der Waals surface area contributed by atoms with Crippen LogP contribution in [0.15, 0.2) is 54.0 Å². The maximum atomic E-state index is 13.0. The Hall–Kier alpha value is -3.27. The first-order chi connectivity index (χ1) is 13.6. The topological polar surface area (TPSA) is 85.5 Å². The van der Waals surface area contributed by atoms with Gasteiger partial charge in [-0.05, 0) is 25.3 Å². The molecule has 1 fully saturated rings. The molecular weight excluding hydrogens is 352 g/mol. The summed E-state index contributed by atoms with van der Waals surface area (Å²) in [6.45, 7) is 7.49. The molecule has 1 atom stereocenters. The molecule has 2 aliphatic heterocycles. The van der Waals surface area contributed by atoms with Crippen molar-refractivity contribution >= 4 is 17.9 Å². The molecule has 0 spiro atoms. The number of hydrogen-bond donors (Lipinski definition) is 0. The Morgan fingerprint density at radius 2 is 2.11 bits per heavy atom. The third-order valence-corrected chi connectivity index (χ3v) is 5.03. The average molecular weight is 376 g/mol. The van der Waals surface area contributed by atoms with Gasteiger partial charge in [-0.3, -0.25) is 4.79 Å². The minimum Gasteiger partial charge on any atom is -0.356 e. The number of hydrazone groups is 1. The van der Waals surface area contributed by atoms with Crippen LogP contribution in [0.3, 0.4) is 0 Å².